The van der Waals surface area contributed by atoms with Crippen molar-refractivity contribution >= 4 is 50.2 Å². The summed E-state index contributed by atoms with van der Waals surface area (Å²) in [6.45, 7) is 0. The van der Waals surface area contributed by atoms with Crippen LogP contribution >= 0.6 is 27.5 Å². The van der Waals surface area contributed by atoms with Crippen LogP contribution in [0.3, 0.4) is 0 Å². The number of benzene rings is 2. The first-order valence-electron chi connectivity index (χ1n) is 6.01. The fraction of sp³-hybridized carbons (Fsp3) is 0. The third kappa shape index (κ3) is 2.86. The van der Waals surface area contributed by atoms with Gasteiger partial charge in [0, 0.05) is 15.7 Å². The van der Waals surface area contributed by atoms with Gasteiger partial charge < -0.3 is 15.3 Å². The molecule has 0 aliphatic rings. The first kappa shape index (κ1) is 13.9. The number of fused-ring (bicyclic) bond motifs is 1. The molecule has 5 nitrogen and oxygen atoms in total. The van der Waals surface area contributed by atoms with Gasteiger partial charge in [0.15, 0.2) is 0 Å². The Morgan fingerprint density at radius 1 is 1.10 bits per heavy atom. The molecule has 0 fully saturated rings. The van der Waals surface area contributed by atoms with Crippen LogP contribution in [0.4, 0.5) is 5.69 Å². The standard InChI is InChI=1S/C14H9BrClN3O2/c15-9-5-7(1-3-10(9)16)13(20)17-8-2-4-11-12(6-8)19-14(21)18-11/h1-6H,(H,17,20)(H2,18,19,21). The van der Waals surface area contributed by atoms with Gasteiger partial charge in [-0.25, -0.2) is 4.79 Å². The summed E-state index contributed by atoms with van der Waals surface area (Å²) < 4.78 is 0.655. The fourth-order valence-corrected chi connectivity index (χ4v) is 2.45. The maximum Gasteiger partial charge on any atom is 0.323 e. The van der Waals surface area contributed by atoms with Crippen LogP contribution in [0.5, 0.6) is 0 Å². The number of hydrogen-bond acceptors (Lipinski definition) is 2. The lowest BCUT2D eigenvalue weighted by molar-refractivity contribution is 0.102. The van der Waals surface area contributed by atoms with Crippen LogP contribution in [0.2, 0.25) is 5.02 Å². The molecule has 0 aliphatic heterocycles. The van der Waals surface area contributed by atoms with Gasteiger partial charge in [0.25, 0.3) is 5.91 Å². The Bertz CT molecular complexity index is 901. The molecule has 3 rings (SSSR count). The summed E-state index contributed by atoms with van der Waals surface area (Å²) in [5.74, 6) is -0.260. The molecule has 106 valence electrons. The van der Waals surface area contributed by atoms with E-state index in [9.17, 15) is 9.59 Å². The van der Waals surface area contributed by atoms with E-state index in [-0.39, 0.29) is 11.6 Å². The lowest BCUT2D eigenvalue weighted by Gasteiger charge is -2.06. The highest BCUT2D eigenvalue weighted by Gasteiger charge is 2.09. The van der Waals surface area contributed by atoms with Crippen LogP contribution in [0.15, 0.2) is 45.7 Å². The van der Waals surface area contributed by atoms with Gasteiger partial charge in [-0.15, -0.1) is 0 Å². The zero-order valence-electron chi connectivity index (χ0n) is 10.5. The predicted octanol–water partition coefficient (Wildman–Crippen LogP) is 3.52. The topological polar surface area (TPSA) is 77.8 Å². The lowest BCUT2D eigenvalue weighted by atomic mass is 10.2. The molecule has 7 heteroatoms. The maximum atomic E-state index is 12.2. The third-order valence-corrected chi connectivity index (χ3v) is 4.17. The van der Waals surface area contributed by atoms with E-state index >= 15 is 0 Å². The van der Waals surface area contributed by atoms with E-state index < -0.39 is 0 Å². The summed E-state index contributed by atoms with van der Waals surface area (Å²) in [7, 11) is 0. The van der Waals surface area contributed by atoms with Crippen LogP contribution < -0.4 is 11.0 Å². The Balaban J connectivity index is 1.88. The number of amides is 1. The van der Waals surface area contributed by atoms with Crippen LogP contribution in [-0.4, -0.2) is 15.9 Å². The molecule has 2 aromatic carbocycles. The average Bonchev–Trinajstić information content (AvgIpc) is 2.81. The fourth-order valence-electron chi connectivity index (χ4n) is 1.95. The molecule has 0 radical (unpaired) electrons. The van der Waals surface area contributed by atoms with Gasteiger partial charge in [-0.05, 0) is 52.3 Å². The van der Waals surface area contributed by atoms with Crippen molar-refractivity contribution in [2.24, 2.45) is 0 Å². The quantitative estimate of drug-likeness (QED) is 0.649. The smallest absolute Gasteiger partial charge is 0.322 e. The number of carbonyl (C=O) groups is 1. The van der Waals surface area contributed by atoms with Crippen molar-refractivity contribution in [1.29, 1.82) is 0 Å². The number of anilines is 1. The second-order valence-corrected chi connectivity index (χ2v) is 5.68. The Morgan fingerprint density at radius 3 is 2.62 bits per heavy atom. The van der Waals surface area contributed by atoms with Gasteiger partial charge in [-0.1, -0.05) is 11.6 Å². The Kier molecular flexibility index (Phi) is 3.57. The zero-order valence-corrected chi connectivity index (χ0v) is 12.9. The number of rotatable bonds is 2. The summed E-state index contributed by atoms with van der Waals surface area (Å²) in [5.41, 5.74) is 2.11. The van der Waals surface area contributed by atoms with Crippen molar-refractivity contribution in [3.63, 3.8) is 0 Å². The molecule has 3 N–H and O–H groups in total. The van der Waals surface area contributed by atoms with E-state index in [4.69, 9.17) is 11.6 Å². The number of aromatic nitrogens is 2. The van der Waals surface area contributed by atoms with Gasteiger partial charge in [-0.3, -0.25) is 4.79 Å². The number of carbonyl (C=O) groups excluding carboxylic acids is 1. The van der Waals surface area contributed by atoms with Crippen molar-refractivity contribution in [3.05, 3.63) is 61.9 Å². The molecule has 0 atom stereocenters. The minimum absolute atomic E-state index is 0.260. The average molecular weight is 367 g/mol. The lowest BCUT2D eigenvalue weighted by Crippen LogP contribution is -2.11. The van der Waals surface area contributed by atoms with Gasteiger partial charge in [-0.2, -0.15) is 0 Å². The molecule has 0 saturated carbocycles. The van der Waals surface area contributed by atoms with Crippen LogP contribution in [0, 0.1) is 0 Å². The van der Waals surface area contributed by atoms with E-state index in [1.165, 1.54) is 0 Å². The maximum absolute atomic E-state index is 12.2. The highest BCUT2D eigenvalue weighted by Crippen LogP contribution is 2.24. The molecular weight excluding hydrogens is 358 g/mol. The van der Waals surface area contributed by atoms with Gasteiger partial charge >= 0.3 is 5.69 Å². The molecule has 3 aromatic rings. The number of H-pyrrole nitrogens is 2. The second-order valence-electron chi connectivity index (χ2n) is 4.42. The summed E-state index contributed by atoms with van der Waals surface area (Å²) >= 11 is 9.18. The molecule has 21 heavy (non-hydrogen) atoms. The normalized spacial score (nSPS) is 10.8. The van der Waals surface area contributed by atoms with E-state index in [1.54, 1.807) is 36.4 Å². The van der Waals surface area contributed by atoms with Crippen LogP contribution in [0.25, 0.3) is 11.0 Å². The van der Waals surface area contributed by atoms with Gasteiger partial charge in [0.05, 0.1) is 16.1 Å². The number of hydrogen-bond donors (Lipinski definition) is 3. The molecule has 1 heterocycles. The van der Waals surface area contributed by atoms with E-state index in [2.05, 4.69) is 31.2 Å². The summed E-state index contributed by atoms with van der Waals surface area (Å²) in [4.78, 5) is 28.6. The highest BCUT2D eigenvalue weighted by atomic mass is 79.9. The monoisotopic (exact) mass is 365 g/mol. The Labute approximate surface area is 132 Å². The molecular formula is C14H9BrClN3O2. The number of aromatic amines is 2. The molecule has 1 amide bonds. The first-order valence-corrected chi connectivity index (χ1v) is 7.18. The molecule has 0 aliphatic carbocycles. The molecule has 1 aromatic heterocycles. The summed E-state index contributed by atoms with van der Waals surface area (Å²) in [6, 6.07) is 10.1. The van der Waals surface area contributed by atoms with E-state index in [0.717, 1.165) is 0 Å². The van der Waals surface area contributed by atoms with Crippen LogP contribution in [0.1, 0.15) is 10.4 Å². The van der Waals surface area contributed by atoms with Gasteiger partial charge in [0.2, 0.25) is 0 Å². The number of halogens is 2. The van der Waals surface area contributed by atoms with Crippen LogP contribution in [-0.2, 0) is 0 Å². The first-order chi connectivity index (χ1) is 10.0. The minimum atomic E-state index is -0.282. The third-order valence-electron chi connectivity index (χ3n) is 2.96. The Morgan fingerprint density at radius 2 is 1.86 bits per heavy atom. The number of imidazole rings is 1. The van der Waals surface area contributed by atoms with Crippen molar-refractivity contribution in [2.45, 2.75) is 0 Å². The number of nitrogens with one attached hydrogen (secondary N) is 3. The van der Waals surface area contributed by atoms with Crippen molar-refractivity contribution in [2.75, 3.05) is 5.32 Å². The molecule has 0 unspecified atom stereocenters. The largest absolute Gasteiger partial charge is 0.323 e. The van der Waals surface area contributed by atoms with Crippen molar-refractivity contribution < 1.29 is 4.79 Å². The second kappa shape index (κ2) is 5.38. The zero-order chi connectivity index (χ0) is 15.0. The molecule has 0 saturated heterocycles. The van der Waals surface area contributed by atoms with Crippen molar-refractivity contribution in [1.82, 2.24) is 9.97 Å². The van der Waals surface area contributed by atoms with E-state index in [1.807, 2.05) is 0 Å². The summed E-state index contributed by atoms with van der Waals surface area (Å²) in [5, 5.41) is 3.31. The van der Waals surface area contributed by atoms with Gasteiger partial charge in [0.1, 0.15) is 0 Å². The highest BCUT2D eigenvalue weighted by molar-refractivity contribution is 9.10. The molecule has 0 spiro atoms. The molecule has 0 bridgehead atoms. The minimum Gasteiger partial charge on any atom is -0.322 e. The van der Waals surface area contributed by atoms with Crippen molar-refractivity contribution in [3.8, 4) is 0 Å². The summed E-state index contributed by atoms with van der Waals surface area (Å²) in [6.07, 6.45) is 0. The van der Waals surface area contributed by atoms with E-state index in [0.29, 0.717) is 31.8 Å². The predicted molar refractivity (Wildman–Crippen MR) is 86.0 cm³/mol. The Hall–Kier alpha value is -2.05. The SMILES string of the molecule is O=C(Nc1ccc2[nH]c(=O)[nH]c2c1)c1ccc(Cl)c(Br)c1.